The van der Waals surface area contributed by atoms with Crippen molar-refractivity contribution in [3.8, 4) is 0 Å². The van der Waals surface area contributed by atoms with E-state index in [2.05, 4.69) is 5.32 Å². The first-order chi connectivity index (χ1) is 8.01. The van der Waals surface area contributed by atoms with E-state index in [0.717, 1.165) is 6.42 Å². The summed E-state index contributed by atoms with van der Waals surface area (Å²) in [7, 11) is 0. The maximum atomic E-state index is 13.3. The summed E-state index contributed by atoms with van der Waals surface area (Å²) in [5.41, 5.74) is -0.720. The van der Waals surface area contributed by atoms with Gasteiger partial charge in [-0.2, -0.15) is 0 Å². The lowest BCUT2D eigenvalue weighted by atomic mass is 10.1. The van der Waals surface area contributed by atoms with Crippen molar-refractivity contribution < 1.29 is 17.6 Å². The van der Waals surface area contributed by atoms with Gasteiger partial charge in [0.15, 0.2) is 23.3 Å². The first-order valence-electron chi connectivity index (χ1n) is 5.60. The van der Waals surface area contributed by atoms with E-state index in [1.807, 2.05) is 13.8 Å². The molecular formula is C12H15F4N. The molecule has 0 radical (unpaired) electrons. The Labute approximate surface area is 97.8 Å². The molecule has 96 valence electrons. The Bertz CT molecular complexity index is 366. The lowest BCUT2D eigenvalue weighted by molar-refractivity contribution is 0.454. The first kappa shape index (κ1) is 13.8. The summed E-state index contributed by atoms with van der Waals surface area (Å²) in [6.45, 7) is 3.75. The fraction of sp³-hybridized carbons (Fsp3) is 0.500. The molecule has 1 N–H and O–H groups in total. The van der Waals surface area contributed by atoms with E-state index >= 15 is 0 Å². The van der Waals surface area contributed by atoms with Gasteiger partial charge in [-0.05, 0) is 12.8 Å². The third-order valence-electron chi connectivity index (χ3n) is 2.59. The summed E-state index contributed by atoms with van der Waals surface area (Å²) in [5.74, 6) is -5.53. The van der Waals surface area contributed by atoms with Crippen molar-refractivity contribution in [1.82, 2.24) is 0 Å². The Morgan fingerprint density at radius 1 is 1.06 bits per heavy atom. The predicted molar refractivity (Wildman–Crippen MR) is 58.9 cm³/mol. The molecule has 1 aromatic rings. The molecule has 17 heavy (non-hydrogen) atoms. The van der Waals surface area contributed by atoms with Gasteiger partial charge in [-0.3, -0.25) is 0 Å². The van der Waals surface area contributed by atoms with Crippen molar-refractivity contribution in [1.29, 1.82) is 0 Å². The molecule has 0 fully saturated rings. The van der Waals surface area contributed by atoms with E-state index in [9.17, 15) is 17.6 Å². The molecule has 0 aromatic heterocycles. The average molecular weight is 249 g/mol. The summed E-state index contributed by atoms with van der Waals surface area (Å²) >= 11 is 0. The van der Waals surface area contributed by atoms with Gasteiger partial charge in [0.1, 0.15) is 5.69 Å². The quantitative estimate of drug-likeness (QED) is 0.608. The summed E-state index contributed by atoms with van der Waals surface area (Å²) in [4.78, 5) is 0. The summed E-state index contributed by atoms with van der Waals surface area (Å²) in [6, 6.07) is 0.00146. The normalized spacial score (nSPS) is 12.6. The summed E-state index contributed by atoms with van der Waals surface area (Å²) < 4.78 is 52.5. The topological polar surface area (TPSA) is 12.0 Å². The highest BCUT2D eigenvalue weighted by atomic mass is 19.2. The minimum absolute atomic E-state index is 0.204. The molecule has 0 saturated carbocycles. The van der Waals surface area contributed by atoms with Crippen LogP contribution in [0.1, 0.15) is 33.1 Å². The number of hydrogen-bond donors (Lipinski definition) is 1. The van der Waals surface area contributed by atoms with Crippen LogP contribution in [0.15, 0.2) is 6.07 Å². The van der Waals surface area contributed by atoms with E-state index in [1.54, 1.807) is 0 Å². The third kappa shape index (κ3) is 3.11. The molecule has 0 aliphatic rings. The zero-order valence-electron chi connectivity index (χ0n) is 9.79. The lowest BCUT2D eigenvalue weighted by Crippen LogP contribution is -2.20. The number of rotatable bonds is 5. The van der Waals surface area contributed by atoms with Gasteiger partial charge >= 0.3 is 0 Å². The van der Waals surface area contributed by atoms with Crippen LogP contribution in [0.2, 0.25) is 0 Å². The monoisotopic (exact) mass is 249 g/mol. The van der Waals surface area contributed by atoms with Crippen LogP contribution in [0, 0.1) is 23.3 Å². The Morgan fingerprint density at radius 2 is 1.59 bits per heavy atom. The van der Waals surface area contributed by atoms with Crippen molar-refractivity contribution in [3.05, 3.63) is 29.3 Å². The molecule has 1 nitrogen and oxygen atoms in total. The third-order valence-corrected chi connectivity index (χ3v) is 2.59. The highest BCUT2D eigenvalue weighted by molar-refractivity contribution is 5.48. The van der Waals surface area contributed by atoms with Crippen molar-refractivity contribution in [2.45, 2.75) is 39.2 Å². The highest BCUT2D eigenvalue weighted by Gasteiger charge is 2.20. The number of nitrogens with one attached hydrogen (secondary N) is 1. The standard InChI is InChI=1S/C12H15F4N/c1-3-5-7(4-2)17-12-10(15)8(13)6-9(14)11(12)16/h6-7,17H,3-5H2,1-2H3. The van der Waals surface area contributed by atoms with Crippen LogP contribution in [0.4, 0.5) is 23.2 Å². The SMILES string of the molecule is CCCC(CC)Nc1c(F)c(F)cc(F)c1F. The minimum atomic E-state index is -1.39. The Balaban J connectivity index is 3.04. The zero-order chi connectivity index (χ0) is 13.0. The summed E-state index contributed by atoms with van der Waals surface area (Å²) in [5, 5.41) is 2.52. The van der Waals surface area contributed by atoms with E-state index in [4.69, 9.17) is 0 Å². The maximum Gasteiger partial charge on any atom is 0.185 e. The van der Waals surface area contributed by atoms with Crippen LogP contribution in [0.25, 0.3) is 0 Å². The predicted octanol–water partition coefficient (Wildman–Crippen LogP) is 4.23. The van der Waals surface area contributed by atoms with Crippen molar-refractivity contribution in [2.75, 3.05) is 5.32 Å². The van der Waals surface area contributed by atoms with Gasteiger partial charge < -0.3 is 5.32 Å². The van der Waals surface area contributed by atoms with Crippen LogP contribution >= 0.6 is 0 Å². The molecule has 1 atom stereocenters. The maximum absolute atomic E-state index is 13.3. The van der Waals surface area contributed by atoms with Gasteiger partial charge in [-0.1, -0.05) is 20.3 Å². The van der Waals surface area contributed by atoms with E-state index in [0.29, 0.717) is 12.8 Å². The number of benzene rings is 1. The smallest absolute Gasteiger partial charge is 0.185 e. The van der Waals surface area contributed by atoms with Gasteiger partial charge in [0, 0.05) is 12.1 Å². The first-order valence-corrected chi connectivity index (χ1v) is 5.60. The Kier molecular flexibility index (Phi) is 4.78. The molecule has 0 heterocycles. The van der Waals surface area contributed by atoms with Crippen LogP contribution in [-0.4, -0.2) is 6.04 Å². The lowest BCUT2D eigenvalue weighted by Gasteiger charge is -2.18. The van der Waals surface area contributed by atoms with E-state index < -0.39 is 29.0 Å². The van der Waals surface area contributed by atoms with Crippen LogP contribution < -0.4 is 5.32 Å². The van der Waals surface area contributed by atoms with Gasteiger partial charge in [0.25, 0.3) is 0 Å². The second kappa shape index (κ2) is 5.89. The average Bonchev–Trinajstić information content (AvgIpc) is 2.30. The molecule has 0 aliphatic heterocycles. The van der Waals surface area contributed by atoms with Gasteiger partial charge in [0.2, 0.25) is 0 Å². The molecule has 1 unspecified atom stereocenters. The van der Waals surface area contributed by atoms with Crippen molar-refractivity contribution >= 4 is 5.69 Å². The molecule has 1 rings (SSSR count). The second-order valence-corrected chi connectivity index (χ2v) is 3.88. The van der Waals surface area contributed by atoms with Crippen LogP contribution in [0.3, 0.4) is 0 Å². The minimum Gasteiger partial charge on any atom is -0.377 e. The van der Waals surface area contributed by atoms with Crippen LogP contribution in [0.5, 0.6) is 0 Å². The molecule has 0 aliphatic carbocycles. The van der Waals surface area contributed by atoms with Gasteiger partial charge in [-0.15, -0.1) is 0 Å². The largest absolute Gasteiger partial charge is 0.377 e. The molecule has 5 heteroatoms. The Hall–Kier alpha value is -1.26. The molecular weight excluding hydrogens is 234 g/mol. The van der Waals surface area contributed by atoms with Crippen molar-refractivity contribution in [2.24, 2.45) is 0 Å². The molecule has 0 amide bonds. The molecule has 0 spiro atoms. The fourth-order valence-electron chi connectivity index (χ4n) is 1.63. The number of halogens is 4. The number of hydrogen-bond acceptors (Lipinski definition) is 1. The highest BCUT2D eigenvalue weighted by Crippen LogP contribution is 2.25. The second-order valence-electron chi connectivity index (χ2n) is 3.88. The van der Waals surface area contributed by atoms with E-state index in [1.165, 1.54) is 0 Å². The molecule has 1 aromatic carbocycles. The van der Waals surface area contributed by atoms with Crippen LogP contribution in [-0.2, 0) is 0 Å². The van der Waals surface area contributed by atoms with Crippen molar-refractivity contribution in [3.63, 3.8) is 0 Å². The van der Waals surface area contributed by atoms with Gasteiger partial charge in [-0.25, -0.2) is 17.6 Å². The van der Waals surface area contributed by atoms with E-state index in [-0.39, 0.29) is 12.1 Å². The molecule has 0 saturated heterocycles. The fourth-order valence-corrected chi connectivity index (χ4v) is 1.63. The summed E-state index contributed by atoms with van der Waals surface area (Å²) in [6.07, 6.45) is 2.10. The van der Waals surface area contributed by atoms with Gasteiger partial charge in [0.05, 0.1) is 0 Å². The number of anilines is 1. The molecule has 0 bridgehead atoms. The zero-order valence-corrected chi connectivity index (χ0v) is 9.79. The Morgan fingerprint density at radius 3 is 2.00 bits per heavy atom.